The Kier molecular flexibility index (Phi) is 5.97. The molecule has 0 aliphatic rings. The molecule has 1 aromatic rings. The molecule has 0 radical (unpaired) electrons. The topological polar surface area (TPSA) is 47.6 Å². The molecule has 0 aromatic heterocycles. The van der Waals surface area contributed by atoms with Crippen molar-refractivity contribution in [3.63, 3.8) is 0 Å². The number of rotatable bonds is 6. The summed E-state index contributed by atoms with van der Waals surface area (Å²) < 4.78 is 25.3. The van der Waals surface area contributed by atoms with Gasteiger partial charge in [-0.3, -0.25) is 0 Å². The van der Waals surface area contributed by atoms with Crippen LogP contribution in [-0.2, 0) is 15.7 Å². The third-order valence-electron chi connectivity index (χ3n) is 2.66. The molecule has 1 rings (SSSR count). The molecule has 0 amide bonds. The number of methoxy groups -OCH3 is 2. The maximum atomic E-state index is 12.2. The summed E-state index contributed by atoms with van der Waals surface area (Å²) >= 11 is 0. The Bertz CT molecular complexity index is 412. The second-order valence-electron chi connectivity index (χ2n) is 5.28. The van der Waals surface area contributed by atoms with Crippen molar-refractivity contribution < 1.29 is 13.7 Å². The molecular formula is C14H23NO3S. The van der Waals surface area contributed by atoms with Crippen molar-refractivity contribution >= 4 is 11.0 Å². The molecule has 0 fully saturated rings. The quantitative estimate of drug-likeness (QED) is 0.873. The fourth-order valence-electron chi connectivity index (χ4n) is 1.51. The Morgan fingerprint density at radius 3 is 2.21 bits per heavy atom. The molecule has 4 nitrogen and oxygen atoms in total. The molecule has 0 bridgehead atoms. The molecule has 0 aliphatic heterocycles. The molecular weight excluding hydrogens is 262 g/mol. The summed E-state index contributed by atoms with van der Waals surface area (Å²) in [5, 5.41) is 0. The molecule has 5 heteroatoms. The molecule has 19 heavy (non-hydrogen) atoms. The van der Waals surface area contributed by atoms with Crippen molar-refractivity contribution in [2.24, 2.45) is 0 Å². The van der Waals surface area contributed by atoms with Gasteiger partial charge in [-0.25, -0.2) is 8.93 Å². The van der Waals surface area contributed by atoms with E-state index < -0.39 is 11.0 Å². The third kappa shape index (κ3) is 4.93. The van der Waals surface area contributed by atoms with E-state index in [0.29, 0.717) is 6.61 Å². The van der Waals surface area contributed by atoms with Gasteiger partial charge >= 0.3 is 0 Å². The second-order valence-corrected chi connectivity index (χ2v) is 7.28. The summed E-state index contributed by atoms with van der Waals surface area (Å²) in [5.41, 5.74) is 1.03. The van der Waals surface area contributed by atoms with E-state index in [1.165, 1.54) is 0 Å². The summed E-state index contributed by atoms with van der Waals surface area (Å²) in [7, 11) is 2.13. The lowest BCUT2D eigenvalue weighted by atomic mass is 10.1. The summed E-state index contributed by atoms with van der Waals surface area (Å²) in [4.78, 5) is 0. The van der Waals surface area contributed by atoms with Crippen LogP contribution in [0, 0.1) is 0 Å². The lowest BCUT2D eigenvalue weighted by Crippen LogP contribution is -2.37. The summed E-state index contributed by atoms with van der Waals surface area (Å²) in [6, 6.07) is 7.58. The average molecular weight is 285 g/mol. The monoisotopic (exact) mass is 285 g/mol. The zero-order valence-corrected chi connectivity index (χ0v) is 13.0. The Morgan fingerprint density at radius 2 is 1.79 bits per heavy atom. The highest BCUT2D eigenvalue weighted by molar-refractivity contribution is 7.84. The van der Waals surface area contributed by atoms with Gasteiger partial charge in [0.15, 0.2) is 0 Å². The molecule has 2 unspecified atom stereocenters. The maximum Gasteiger partial charge on any atom is 0.118 e. The molecule has 108 valence electrons. The van der Waals surface area contributed by atoms with Crippen molar-refractivity contribution in [3.8, 4) is 5.75 Å². The fourth-order valence-corrected chi connectivity index (χ4v) is 2.32. The van der Waals surface area contributed by atoms with E-state index in [4.69, 9.17) is 9.47 Å². The molecule has 2 atom stereocenters. The van der Waals surface area contributed by atoms with Crippen LogP contribution in [0.15, 0.2) is 24.3 Å². The third-order valence-corrected chi connectivity index (χ3v) is 4.27. The Morgan fingerprint density at radius 1 is 1.21 bits per heavy atom. The van der Waals surface area contributed by atoms with E-state index in [2.05, 4.69) is 4.72 Å². The normalized spacial score (nSPS) is 15.0. The fraction of sp³-hybridized carbons (Fsp3) is 0.571. The summed E-state index contributed by atoms with van der Waals surface area (Å²) in [5.74, 6) is 0.803. The first-order valence-electron chi connectivity index (χ1n) is 6.19. The van der Waals surface area contributed by atoms with E-state index in [1.54, 1.807) is 14.2 Å². The van der Waals surface area contributed by atoms with Crippen LogP contribution in [0.1, 0.15) is 32.4 Å². The molecule has 0 saturated carbocycles. The van der Waals surface area contributed by atoms with Gasteiger partial charge in [0.1, 0.15) is 5.75 Å². The molecule has 0 aliphatic carbocycles. The molecule has 0 saturated heterocycles. The van der Waals surface area contributed by atoms with Gasteiger partial charge < -0.3 is 9.47 Å². The SMILES string of the molecule is COCC(NS(=O)C(C)(C)C)c1ccc(OC)cc1. The maximum absolute atomic E-state index is 12.2. The first-order valence-corrected chi connectivity index (χ1v) is 7.34. The second kappa shape index (κ2) is 7.03. The molecule has 1 aromatic carbocycles. The van der Waals surface area contributed by atoms with Gasteiger partial charge in [-0.05, 0) is 38.5 Å². The largest absolute Gasteiger partial charge is 0.497 e. The minimum Gasteiger partial charge on any atom is -0.497 e. The van der Waals surface area contributed by atoms with Crippen LogP contribution in [-0.4, -0.2) is 29.8 Å². The molecule has 0 spiro atoms. The Hall–Kier alpha value is -0.910. The zero-order valence-electron chi connectivity index (χ0n) is 12.2. The minimum absolute atomic E-state index is 0.101. The zero-order chi connectivity index (χ0) is 14.5. The first-order chi connectivity index (χ1) is 8.88. The van der Waals surface area contributed by atoms with Crippen LogP contribution < -0.4 is 9.46 Å². The van der Waals surface area contributed by atoms with Crippen LogP contribution in [0.2, 0.25) is 0 Å². The van der Waals surface area contributed by atoms with Gasteiger partial charge in [-0.15, -0.1) is 0 Å². The van der Waals surface area contributed by atoms with E-state index in [0.717, 1.165) is 11.3 Å². The molecule has 0 heterocycles. The first kappa shape index (κ1) is 16.1. The Balaban J connectivity index is 2.84. The van der Waals surface area contributed by atoms with Gasteiger partial charge in [0.2, 0.25) is 0 Å². The van der Waals surface area contributed by atoms with Crippen LogP contribution in [0.4, 0.5) is 0 Å². The summed E-state index contributed by atoms with van der Waals surface area (Å²) in [6.45, 7) is 6.28. The minimum atomic E-state index is -1.14. The predicted molar refractivity (Wildman–Crippen MR) is 78.6 cm³/mol. The number of benzene rings is 1. The summed E-state index contributed by atoms with van der Waals surface area (Å²) in [6.07, 6.45) is 0. The van der Waals surface area contributed by atoms with Crippen molar-refractivity contribution in [1.29, 1.82) is 0 Å². The van der Waals surface area contributed by atoms with Gasteiger partial charge in [0.25, 0.3) is 0 Å². The van der Waals surface area contributed by atoms with Gasteiger partial charge in [-0.1, -0.05) is 12.1 Å². The van der Waals surface area contributed by atoms with Crippen molar-refractivity contribution in [3.05, 3.63) is 29.8 Å². The lowest BCUT2D eigenvalue weighted by Gasteiger charge is -2.24. The highest BCUT2D eigenvalue weighted by Gasteiger charge is 2.23. The van der Waals surface area contributed by atoms with Crippen molar-refractivity contribution in [2.45, 2.75) is 31.6 Å². The van der Waals surface area contributed by atoms with E-state index in [9.17, 15) is 4.21 Å². The highest BCUT2D eigenvalue weighted by Crippen LogP contribution is 2.20. The number of hydrogen-bond donors (Lipinski definition) is 1. The number of nitrogens with one attached hydrogen (secondary N) is 1. The number of hydrogen-bond acceptors (Lipinski definition) is 3. The van der Waals surface area contributed by atoms with E-state index >= 15 is 0 Å². The lowest BCUT2D eigenvalue weighted by molar-refractivity contribution is 0.176. The van der Waals surface area contributed by atoms with E-state index in [1.807, 2.05) is 45.0 Å². The van der Waals surface area contributed by atoms with Crippen molar-refractivity contribution in [2.75, 3.05) is 20.8 Å². The van der Waals surface area contributed by atoms with E-state index in [-0.39, 0.29) is 10.8 Å². The highest BCUT2D eigenvalue weighted by atomic mass is 32.2. The smallest absolute Gasteiger partial charge is 0.118 e. The standard InChI is InChI=1S/C14H23NO3S/c1-14(2,3)19(16)15-13(10-17-4)11-6-8-12(18-5)9-7-11/h6-9,13,15H,10H2,1-5H3. The van der Waals surface area contributed by atoms with Crippen LogP contribution in [0.5, 0.6) is 5.75 Å². The van der Waals surface area contributed by atoms with Crippen LogP contribution >= 0.6 is 0 Å². The van der Waals surface area contributed by atoms with Gasteiger partial charge in [0, 0.05) is 7.11 Å². The predicted octanol–water partition coefficient (Wildman–Crippen LogP) is 2.43. The molecule has 1 N–H and O–H groups in total. The van der Waals surface area contributed by atoms with Crippen LogP contribution in [0.3, 0.4) is 0 Å². The van der Waals surface area contributed by atoms with Gasteiger partial charge in [0.05, 0.1) is 35.5 Å². The van der Waals surface area contributed by atoms with Gasteiger partial charge in [-0.2, -0.15) is 0 Å². The van der Waals surface area contributed by atoms with Crippen molar-refractivity contribution in [1.82, 2.24) is 4.72 Å². The van der Waals surface area contributed by atoms with Crippen LogP contribution in [0.25, 0.3) is 0 Å². The Labute approximate surface area is 118 Å². The average Bonchev–Trinajstić information content (AvgIpc) is 2.37. The number of ether oxygens (including phenoxy) is 2.